The van der Waals surface area contributed by atoms with Crippen molar-refractivity contribution in [3.63, 3.8) is 0 Å². The molecule has 0 aliphatic rings. The molecule has 1 heterocycles. The van der Waals surface area contributed by atoms with Gasteiger partial charge in [0.25, 0.3) is 5.56 Å². The first-order valence-electron chi connectivity index (χ1n) is 5.53. The van der Waals surface area contributed by atoms with Gasteiger partial charge in [-0.3, -0.25) is 4.79 Å². The standard InChI is InChI=1S/C11H17NO.C2H6/c1-7-6-8(2)10(13)12-9(7)11(3,4)5;1-2/h6H,1-5H3,(H,12,13);1-2H3. The molecule has 15 heavy (non-hydrogen) atoms. The van der Waals surface area contributed by atoms with E-state index in [1.807, 2.05) is 33.8 Å². The zero-order valence-corrected chi connectivity index (χ0v) is 11.0. The zero-order chi connectivity index (χ0) is 12.2. The van der Waals surface area contributed by atoms with Gasteiger partial charge in [0, 0.05) is 16.7 Å². The Morgan fingerprint density at radius 2 is 1.53 bits per heavy atom. The predicted molar refractivity (Wildman–Crippen MR) is 66.6 cm³/mol. The molecule has 0 fully saturated rings. The molecule has 2 heteroatoms. The van der Waals surface area contributed by atoms with Crippen molar-refractivity contribution in [1.29, 1.82) is 0 Å². The molecule has 1 rings (SSSR count). The quantitative estimate of drug-likeness (QED) is 0.698. The third-order valence-corrected chi connectivity index (χ3v) is 2.17. The summed E-state index contributed by atoms with van der Waals surface area (Å²) in [6.45, 7) is 14.2. The van der Waals surface area contributed by atoms with Crippen molar-refractivity contribution in [2.75, 3.05) is 0 Å². The van der Waals surface area contributed by atoms with Crippen LogP contribution in [0, 0.1) is 13.8 Å². The van der Waals surface area contributed by atoms with E-state index in [0.717, 1.165) is 16.8 Å². The van der Waals surface area contributed by atoms with Gasteiger partial charge in [0.2, 0.25) is 0 Å². The number of aryl methyl sites for hydroxylation is 2. The fraction of sp³-hybridized carbons (Fsp3) is 0.615. The van der Waals surface area contributed by atoms with Crippen molar-refractivity contribution in [1.82, 2.24) is 4.98 Å². The molecule has 1 aromatic heterocycles. The Bertz CT molecular complexity index is 369. The van der Waals surface area contributed by atoms with Crippen molar-refractivity contribution in [2.24, 2.45) is 0 Å². The van der Waals surface area contributed by atoms with Crippen molar-refractivity contribution < 1.29 is 0 Å². The predicted octanol–water partition coefficient (Wildman–Crippen LogP) is 3.32. The van der Waals surface area contributed by atoms with Gasteiger partial charge < -0.3 is 4.98 Å². The monoisotopic (exact) mass is 209 g/mol. The number of pyridine rings is 1. The van der Waals surface area contributed by atoms with Crippen LogP contribution in [0.5, 0.6) is 0 Å². The van der Waals surface area contributed by atoms with Crippen LogP contribution in [0.1, 0.15) is 51.4 Å². The van der Waals surface area contributed by atoms with E-state index < -0.39 is 0 Å². The minimum absolute atomic E-state index is 0.0109. The lowest BCUT2D eigenvalue weighted by Gasteiger charge is -2.21. The van der Waals surface area contributed by atoms with E-state index in [0.29, 0.717) is 0 Å². The first-order valence-corrected chi connectivity index (χ1v) is 5.53. The Morgan fingerprint density at radius 1 is 1.07 bits per heavy atom. The summed E-state index contributed by atoms with van der Waals surface area (Å²) in [6, 6.07) is 1.94. The molecule has 86 valence electrons. The molecule has 0 aliphatic heterocycles. The maximum atomic E-state index is 11.4. The smallest absolute Gasteiger partial charge is 0.251 e. The molecule has 0 radical (unpaired) electrons. The first-order chi connectivity index (χ1) is 6.82. The molecule has 0 bridgehead atoms. The highest BCUT2D eigenvalue weighted by molar-refractivity contribution is 5.27. The fourth-order valence-corrected chi connectivity index (χ4v) is 1.55. The molecule has 2 nitrogen and oxygen atoms in total. The number of H-pyrrole nitrogens is 1. The summed E-state index contributed by atoms with van der Waals surface area (Å²) in [5.41, 5.74) is 3.01. The Labute approximate surface area is 92.7 Å². The van der Waals surface area contributed by atoms with Crippen LogP contribution < -0.4 is 5.56 Å². The molecule has 0 saturated heterocycles. The van der Waals surface area contributed by atoms with E-state index in [4.69, 9.17) is 0 Å². The fourth-order valence-electron chi connectivity index (χ4n) is 1.55. The van der Waals surface area contributed by atoms with Crippen molar-refractivity contribution in [2.45, 2.75) is 53.9 Å². The van der Waals surface area contributed by atoms with Crippen LogP contribution >= 0.6 is 0 Å². The molecule has 0 aliphatic carbocycles. The van der Waals surface area contributed by atoms with Gasteiger partial charge in [-0.05, 0) is 25.5 Å². The Hall–Kier alpha value is -1.05. The summed E-state index contributed by atoms with van der Waals surface area (Å²) in [5.74, 6) is 0. The molecular formula is C13H23NO. The normalized spacial score (nSPS) is 10.6. The van der Waals surface area contributed by atoms with E-state index in [-0.39, 0.29) is 11.0 Å². The number of hydrogen-bond donors (Lipinski definition) is 1. The first kappa shape index (κ1) is 13.9. The number of nitrogens with one attached hydrogen (secondary N) is 1. The van der Waals surface area contributed by atoms with Crippen LogP contribution in [-0.2, 0) is 5.41 Å². The van der Waals surface area contributed by atoms with Gasteiger partial charge in [0.1, 0.15) is 0 Å². The summed E-state index contributed by atoms with van der Waals surface area (Å²) in [4.78, 5) is 14.3. The van der Waals surface area contributed by atoms with Gasteiger partial charge in [0.05, 0.1) is 0 Å². The summed E-state index contributed by atoms with van der Waals surface area (Å²) in [5, 5.41) is 0. The van der Waals surface area contributed by atoms with Crippen LogP contribution in [0.15, 0.2) is 10.9 Å². The molecule has 0 unspecified atom stereocenters. The lowest BCUT2D eigenvalue weighted by Crippen LogP contribution is -2.22. The van der Waals surface area contributed by atoms with Gasteiger partial charge in [0.15, 0.2) is 0 Å². The minimum Gasteiger partial charge on any atom is -0.325 e. The maximum absolute atomic E-state index is 11.4. The second kappa shape index (κ2) is 5.15. The maximum Gasteiger partial charge on any atom is 0.251 e. The Morgan fingerprint density at radius 3 is 1.93 bits per heavy atom. The molecule has 0 aromatic carbocycles. The second-order valence-electron chi connectivity index (χ2n) is 4.59. The van der Waals surface area contributed by atoms with Crippen LogP contribution in [0.3, 0.4) is 0 Å². The molecule has 1 aromatic rings. The van der Waals surface area contributed by atoms with Gasteiger partial charge >= 0.3 is 0 Å². The third kappa shape index (κ3) is 3.54. The molecule has 0 atom stereocenters. The minimum atomic E-state index is 0.0109. The average Bonchev–Trinajstić information content (AvgIpc) is 2.13. The van der Waals surface area contributed by atoms with Crippen LogP contribution in [-0.4, -0.2) is 4.98 Å². The van der Waals surface area contributed by atoms with E-state index >= 15 is 0 Å². The van der Waals surface area contributed by atoms with Crippen molar-refractivity contribution in [3.8, 4) is 0 Å². The van der Waals surface area contributed by atoms with Gasteiger partial charge in [-0.25, -0.2) is 0 Å². The highest BCUT2D eigenvalue weighted by atomic mass is 16.1. The lowest BCUT2D eigenvalue weighted by molar-refractivity contribution is 0.561. The summed E-state index contributed by atoms with van der Waals surface area (Å²) < 4.78 is 0. The third-order valence-electron chi connectivity index (χ3n) is 2.17. The molecular weight excluding hydrogens is 186 g/mol. The summed E-state index contributed by atoms with van der Waals surface area (Å²) >= 11 is 0. The number of hydrogen-bond acceptors (Lipinski definition) is 1. The van der Waals surface area contributed by atoms with Gasteiger partial charge in [-0.15, -0.1) is 0 Å². The summed E-state index contributed by atoms with van der Waals surface area (Å²) in [7, 11) is 0. The van der Waals surface area contributed by atoms with Crippen LogP contribution in [0.4, 0.5) is 0 Å². The zero-order valence-electron chi connectivity index (χ0n) is 11.0. The van der Waals surface area contributed by atoms with Gasteiger partial charge in [-0.2, -0.15) is 0 Å². The molecule has 0 amide bonds. The van der Waals surface area contributed by atoms with Crippen LogP contribution in [0.2, 0.25) is 0 Å². The number of rotatable bonds is 0. The number of aromatic amines is 1. The van der Waals surface area contributed by atoms with Gasteiger partial charge in [-0.1, -0.05) is 34.6 Å². The van der Waals surface area contributed by atoms with Crippen LogP contribution in [0.25, 0.3) is 0 Å². The highest BCUT2D eigenvalue weighted by Gasteiger charge is 2.17. The van der Waals surface area contributed by atoms with E-state index in [1.165, 1.54) is 0 Å². The largest absolute Gasteiger partial charge is 0.325 e. The lowest BCUT2D eigenvalue weighted by atomic mass is 9.88. The van der Waals surface area contributed by atoms with E-state index in [1.54, 1.807) is 0 Å². The topological polar surface area (TPSA) is 32.9 Å². The SMILES string of the molecule is CC.Cc1cc(C)c(=O)[nH]c1C(C)(C)C. The average molecular weight is 209 g/mol. The second-order valence-corrected chi connectivity index (χ2v) is 4.59. The van der Waals surface area contributed by atoms with E-state index in [9.17, 15) is 4.79 Å². The van der Waals surface area contributed by atoms with Crippen molar-refractivity contribution >= 4 is 0 Å². The highest BCUT2D eigenvalue weighted by Crippen LogP contribution is 2.22. The molecule has 0 spiro atoms. The number of aromatic nitrogens is 1. The molecule has 1 N–H and O–H groups in total. The van der Waals surface area contributed by atoms with Crippen molar-refractivity contribution in [3.05, 3.63) is 33.2 Å². The molecule has 0 saturated carbocycles. The van der Waals surface area contributed by atoms with E-state index in [2.05, 4.69) is 25.8 Å². The Balaban J connectivity index is 0.000000921. The summed E-state index contributed by atoms with van der Waals surface area (Å²) in [6.07, 6.45) is 0. The Kier molecular flexibility index (Phi) is 4.79.